The Labute approximate surface area is 145 Å². The van der Waals surface area contributed by atoms with Gasteiger partial charge in [-0.3, -0.25) is 14.9 Å². The van der Waals surface area contributed by atoms with Gasteiger partial charge in [0.05, 0.1) is 25.7 Å². The molecule has 10 heteroatoms. The number of carbonyl (C=O) groups excluding carboxylic acids is 2. The topological polar surface area (TPSA) is 117 Å². The predicted octanol–water partition coefficient (Wildman–Crippen LogP) is -0.380. The molecule has 1 aromatic rings. The summed E-state index contributed by atoms with van der Waals surface area (Å²) in [6.07, 6.45) is 2.01. The van der Waals surface area contributed by atoms with Gasteiger partial charge in [0.1, 0.15) is 12.6 Å². The summed E-state index contributed by atoms with van der Waals surface area (Å²) in [4.78, 5) is 28.6. The van der Waals surface area contributed by atoms with Crippen molar-refractivity contribution in [3.63, 3.8) is 0 Å². The van der Waals surface area contributed by atoms with Crippen molar-refractivity contribution in [1.82, 2.24) is 20.1 Å². The third kappa shape index (κ3) is 4.53. The predicted molar refractivity (Wildman–Crippen MR) is 85.8 cm³/mol. The minimum Gasteiger partial charge on any atom is -0.382 e. The molecule has 2 atom stereocenters. The van der Waals surface area contributed by atoms with Crippen LogP contribution in [0.3, 0.4) is 0 Å². The van der Waals surface area contributed by atoms with Gasteiger partial charge in [-0.15, -0.1) is 0 Å². The first kappa shape index (κ1) is 17.8. The SMILES string of the molecule is COCCOCc1nc2n(n1)[C@H](C(=O)NC[C@H]1CCCO1)CC(=O)N2. The van der Waals surface area contributed by atoms with E-state index < -0.39 is 6.04 Å². The van der Waals surface area contributed by atoms with Crippen LogP contribution < -0.4 is 10.6 Å². The molecule has 2 aliphatic heterocycles. The zero-order valence-electron chi connectivity index (χ0n) is 14.2. The van der Waals surface area contributed by atoms with E-state index in [0.717, 1.165) is 19.4 Å². The molecule has 0 bridgehead atoms. The normalized spacial score (nSPS) is 22.5. The zero-order chi connectivity index (χ0) is 17.6. The first-order valence-corrected chi connectivity index (χ1v) is 8.38. The van der Waals surface area contributed by atoms with Gasteiger partial charge in [0.2, 0.25) is 17.8 Å². The number of amides is 2. The number of methoxy groups -OCH3 is 1. The van der Waals surface area contributed by atoms with Crippen LogP contribution in [-0.2, 0) is 30.4 Å². The van der Waals surface area contributed by atoms with E-state index in [1.165, 1.54) is 4.68 Å². The van der Waals surface area contributed by atoms with E-state index in [9.17, 15) is 9.59 Å². The van der Waals surface area contributed by atoms with Crippen LogP contribution in [0.2, 0.25) is 0 Å². The molecule has 1 saturated heterocycles. The second kappa shape index (κ2) is 8.37. The number of nitrogens with one attached hydrogen (secondary N) is 2. The van der Waals surface area contributed by atoms with Gasteiger partial charge in [-0.05, 0) is 12.8 Å². The molecular weight excluding hydrogens is 330 g/mol. The Morgan fingerprint density at radius 1 is 1.48 bits per heavy atom. The summed E-state index contributed by atoms with van der Waals surface area (Å²) in [6.45, 7) is 2.24. The van der Waals surface area contributed by atoms with Crippen molar-refractivity contribution in [2.75, 3.05) is 38.8 Å². The molecule has 0 radical (unpaired) electrons. The second-order valence-corrected chi connectivity index (χ2v) is 5.99. The number of hydrogen-bond acceptors (Lipinski definition) is 7. The van der Waals surface area contributed by atoms with Crippen LogP contribution >= 0.6 is 0 Å². The molecule has 138 valence electrons. The van der Waals surface area contributed by atoms with Crippen LogP contribution in [0.5, 0.6) is 0 Å². The van der Waals surface area contributed by atoms with Crippen molar-refractivity contribution in [3.05, 3.63) is 5.82 Å². The van der Waals surface area contributed by atoms with Crippen molar-refractivity contribution < 1.29 is 23.8 Å². The van der Waals surface area contributed by atoms with Gasteiger partial charge in [0, 0.05) is 20.3 Å². The van der Waals surface area contributed by atoms with Crippen LogP contribution in [-0.4, -0.2) is 66.2 Å². The quantitative estimate of drug-likeness (QED) is 0.612. The van der Waals surface area contributed by atoms with Gasteiger partial charge in [-0.1, -0.05) is 0 Å². The molecule has 0 aromatic carbocycles. The fraction of sp³-hybridized carbons (Fsp3) is 0.733. The summed E-state index contributed by atoms with van der Waals surface area (Å²) in [7, 11) is 1.59. The Morgan fingerprint density at radius 3 is 3.12 bits per heavy atom. The van der Waals surface area contributed by atoms with Crippen molar-refractivity contribution in [3.8, 4) is 0 Å². The molecule has 3 heterocycles. The number of anilines is 1. The highest BCUT2D eigenvalue weighted by Gasteiger charge is 2.33. The lowest BCUT2D eigenvalue weighted by molar-refractivity contribution is -0.129. The first-order valence-electron chi connectivity index (χ1n) is 8.38. The van der Waals surface area contributed by atoms with E-state index in [1.807, 2.05) is 0 Å². The molecule has 25 heavy (non-hydrogen) atoms. The largest absolute Gasteiger partial charge is 0.382 e. The highest BCUT2D eigenvalue weighted by atomic mass is 16.5. The summed E-state index contributed by atoms with van der Waals surface area (Å²) in [5, 5.41) is 9.77. The van der Waals surface area contributed by atoms with Crippen LogP contribution in [0.25, 0.3) is 0 Å². The molecule has 0 aliphatic carbocycles. The zero-order valence-corrected chi connectivity index (χ0v) is 14.2. The summed E-state index contributed by atoms with van der Waals surface area (Å²) >= 11 is 0. The molecular formula is C15H23N5O5. The second-order valence-electron chi connectivity index (χ2n) is 5.99. The number of hydrogen-bond donors (Lipinski definition) is 2. The van der Waals surface area contributed by atoms with Crippen LogP contribution in [0.15, 0.2) is 0 Å². The molecule has 2 aliphatic rings. The van der Waals surface area contributed by atoms with Gasteiger partial charge in [0.15, 0.2) is 5.82 Å². The summed E-state index contributed by atoms with van der Waals surface area (Å²) in [5.41, 5.74) is 0. The van der Waals surface area contributed by atoms with Crippen molar-refractivity contribution >= 4 is 17.8 Å². The third-order valence-electron chi connectivity index (χ3n) is 4.09. The maximum Gasteiger partial charge on any atom is 0.245 e. The average molecular weight is 353 g/mol. The Kier molecular flexibility index (Phi) is 5.95. The Morgan fingerprint density at radius 2 is 2.36 bits per heavy atom. The van der Waals surface area contributed by atoms with E-state index in [1.54, 1.807) is 7.11 Å². The Balaban J connectivity index is 1.61. The molecule has 0 unspecified atom stereocenters. The van der Waals surface area contributed by atoms with Gasteiger partial charge in [-0.25, -0.2) is 4.68 Å². The summed E-state index contributed by atoms with van der Waals surface area (Å²) in [6, 6.07) is -0.717. The molecule has 10 nitrogen and oxygen atoms in total. The minimum absolute atomic E-state index is 0.0255. The van der Waals surface area contributed by atoms with E-state index in [2.05, 4.69) is 20.7 Å². The molecule has 1 fully saturated rings. The number of ether oxygens (including phenoxy) is 3. The highest BCUT2D eigenvalue weighted by molar-refractivity contribution is 5.96. The smallest absolute Gasteiger partial charge is 0.245 e. The number of nitrogens with zero attached hydrogens (tertiary/aromatic N) is 3. The number of fused-ring (bicyclic) bond motifs is 1. The first-order chi connectivity index (χ1) is 12.2. The molecule has 3 rings (SSSR count). The third-order valence-corrected chi connectivity index (χ3v) is 4.09. The fourth-order valence-electron chi connectivity index (χ4n) is 2.82. The number of aromatic nitrogens is 3. The lowest BCUT2D eigenvalue weighted by Crippen LogP contribution is -2.41. The molecule has 1 aromatic heterocycles. The molecule has 2 N–H and O–H groups in total. The maximum atomic E-state index is 12.5. The van der Waals surface area contributed by atoms with Crippen molar-refractivity contribution in [2.24, 2.45) is 0 Å². The summed E-state index contributed by atoms with van der Waals surface area (Å²) in [5.74, 6) is 0.149. The fourth-order valence-corrected chi connectivity index (χ4v) is 2.82. The molecule has 0 saturated carbocycles. The van der Waals surface area contributed by atoms with Crippen LogP contribution in [0.4, 0.5) is 5.95 Å². The van der Waals surface area contributed by atoms with E-state index in [4.69, 9.17) is 14.2 Å². The van der Waals surface area contributed by atoms with Gasteiger partial charge in [0.25, 0.3) is 0 Å². The lowest BCUT2D eigenvalue weighted by atomic mass is 10.1. The van der Waals surface area contributed by atoms with Crippen molar-refractivity contribution in [1.29, 1.82) is 0 Å². The Hall–Kier alpha value is -2.04. The monoisotopic (exact) mass is 353 g/mol. The van der Waals surface area contributed by atoms with Gasteiger partial charge in [-0.2, -0.15) is 10.1 Å². The number of rotatable bonds is 8. The maximum absolute atomic E-state index is 12.5. The lowest BCUT2D eigenvalue weighted by Gasteiger charge is -2.23. The Bertz CT molecular complexity index is 613. The molecule has 0 spiro atoms. The minimum atomic E-state index is -0.717. The number of carbonyl (C=O) groups is 2. The molecule has 2 amide bonds. The van der Waals surface area contributed by atoms with E-state index >= 15 is 0 Å². The van der Waals surface area contributed by atoms with E-state index in [0.29, 0.717) is 25.6 Å². The van der Waals surface area contributed by atoms with Crippen LogP contribution in [0, 0.1) is 0 Å². The van der Waals surface area contributed by atoms with Gasteiger partial charge < -0.3 is 19.5 Å². The standard InChI is InChI=1S/C15H23N5O5/c1-23-5-6-24-9-12-17-15-18-13(21)7-11(20(15)19-12)14(22)16-8-10-3-2-4-25-10/h10-11H,2-9H2,1H3,(H,16,22)(H,17,18,19,21)/t10-,11+/m1/s1. The van der Waals surface area contributed by atoms with E-state index in [-0.39, 0.29) is 36.9 Å². The van der Waals surface area contributed by atoms with Crippen LogP contribution in [0.1, 0.15) is 31.1 Å². The summed E-state index contributed by atoms with van der Waals surface area (Å²) < 4.78 is 17.2. The van der Waals surface area contributed by atoms with Crippen molar-refractivity contribution in [2.45, 2.75) is 38.0 Å². The van der Waals surface area contributed by atoms with Gasteiger partial charge >= 0.3 is 0 Å². The average Bonchev–Trinajstić information content (AvgIpc) is 3.25. The highest BCUT2D eigenvalue weighted by Crippen LogP contribution is 2.23.